The molecule has 0 heterocycles. The van der Waals surface area contributed by atoms with E-state index in [0.717, 1.165) is 24.3 Å². The van der Waals surface area contributed by atoms with Gasteiger partial charge in [0, 0.05) is 17.7 Å². The molecule has 21 heavy (non-hydrogen) atoms. The van der Waals surface area contributed by atoms with E-state index in [2.05, 4.69) is 5.32 Å². The molecule has 0 saturated heterocycles. The van der Waals surface area contributed by atoms with Crippen molar-refractivity contribution in [3.05, 3.63) is 63.5 Å². The topological polar surface area (TPSA) is 92.5 Å². The Morgan fingerprint density at radius 1 is 1.29 bits per heavy atom. The van der Waals surface area contributed by atoms with Crippen LogP contribution in [0.25, 0.3) is 0 Å². The molecule has 2 N–H and O–H groups in total. The zero-order chi connectivity index (χ0) is 15.6. The van der Waals surface area contributed by atoms with E-state index < -0.39 is 16.6 Å². The minimum atomic E-state index is -0.676. The Labute approximate surface area is 119 Å². The third-order valence-corrected chi connectivity index (χ3v) is 2.87. The number of benzene rings is 2. The number of carbonyl (C=O) groups is 1. The molecular weight excluding hydrogens is 279 g/mol. The van der Waals surface area contributed by atoms with E-state index in [4.69, 9.17) is 0 Å². The number of nitrogens with one attached hydrogen (secondary N) is 1. The second-order valence-corrected chi connectivity index (χ2v) is 4.38. The summed E-state index contributed by atoms with van der Waals surface area (Å²) in [7, 11) is 0. The van der Waals surface area contributed by atoms with Crippen molar-refractivity contribution in [2.24, 2.45) is 0 Å². The summed E-state index contributed by atoms with van der Waals surface area (Å²) in [4.78, 5) is 22.0. The molecule has 2 aromatic carbocycles. The van der Waals surface area contributed by atoms with Gasteiger partial charge < -0.3 is 10.4 Å². The van der Waals surface area contributed by atoms with E-state index in [1.54, 1.807) is 6.92 Å². The molecule has 0 aliphatic heterocycles. The fraction of sp³-hybridized carbons (Fsp3) is 0.0714. The third-order valence-electron chi connectivity index (χ3n) is 2.87. The summed E-state index contributed by atoms with van der Waals surface area (Å²) in [6.45, 7) is 1.56. The molecule has 0 unspecified atom stereocenters. The van der Waals surface area contributed by atoms with Gasteiger partial charge in [-0.2, -0.15) is 0 Å². The average molecular weight is 290 g/mol. The van der Waals surface area contributed by atoms with Crippen LogP contribution in [-0.4, -0.2) is 15.9 Å². The maximum Gasteiger partial charge on any atom is 0.271 e. The number of amides is 1. The maximum atomic E-state index is 13.4. The number of phenolic OH excluding ortho intramolecular Hbond substituents is 1. The normalized spacial score (nSPS) is 10.2. The van der Waals surface area contributed by atoms with Crippen LogP contribution in [-0.2, 0) is 0 Å². The van der Waals surface area contributed by atoms with Crippen LogP contribution in [0.4, 0.5) is 15.8 Å². The Hall–Kier alpha value is -2.96. The molecule has 0 aliphatic rings. The Kier molecular flexibility index (Phi) is 3.84. The summed E-state index contributed by atoms with van der Waals surface area (Å²) in [5.41, 5.74) is 0.0436. The fourth-order valence-corrected chi connectivity index (χ4v) is 1.67. The molecule has 2 rings (SSSR count). The molecule has 6 nitrogen and oxygen atoms in total. The summed E-state index contributed by atoms with van der Waals surface area (Å²) in [5.74, 6) is -1.53. The quantitative estimate of drug-likeness (QED) is 0.516. The lowest BCUT2D eigenvalue weighted by Gasteiger charge is -2.08. The zero-order valence-corrected chi connectivity index (χ0v) is 11.0. The summed E-state index contributed by atoms with van der Waals surface area (Å²) in [6, 6.07) is 7.15. The highest BCUT2D eigenvalue weighted by Gasteiger charge is 2.14. The van der Waals surface area contributed by atoms with Gasteiger partial charge in [-0.3, -0.25) is 14.9 Å². The van der Waals surface area contributed by atoms with Crippen molar-refractivity contribution in [3.8, 4) is 5.75 Å². The first-order chi connectivity index (χ1) is 9.88. The fourth-order valence-electron chi connectivity index (χ4n) is 1.67. The predicted octanol–water partition coefficient (Wildman–Crippen LogP) is 3.00. The molecule has 0 fully saturated rings. The molecule has 1 amide bonds. The van der Waals surface area contributed by atoms with Crippen molar-refractivity contribution in [1.82, 2.24) is 0 Å². The second-order valence-electron chi connectivity index (χ2n) is 4.38. The van der Waals surface area contributed by atoms with Gasteiger partial charge >= 0.3 is 0 Å². The lowest BCUT2D eigenvalue weighted by atomic mass is 10.1. The highest BCUT2D eigenvalue weighted by Crippen LogP contribution is 2.28. The number of nitro groups is 1. The number of anilines is 1. The Morgan fingerprint density at radius 2 is 2.00 bits per heavy atom. The average Bonchev–Trinajstić information content (AvgIpc) is 2.43. The molecule has 108 valence electrons. The molecule has 0 spiro atoms. The minimum Gasteiger partial charge on any atom is -0.506 e. The smallest absolute Gasteiger partial charge is 0.271 e. The van der Waals surface area contributed by atoms with Crippen LogP contribution >= 0.6 is 0 Å². The third kappa shape index (κ3) is 3.14. The van der Waals surface area contributed by atoms with Gasteiger partial charge in [-0.15, -0.1) is 0 Å². The van der Waals surface area contributed by atoms with Crippen LogP contribution < -0.4 is 5.32 Å². The van der Waals surface area contributed by atoms with E-state index in [9.17, 15) is 24.4 Å². The SMILES string of the molecule is Cc1ccc(C(=O)Nc2cc([N+](=O)[O-])ccc2O)cc1F. The van der Waals surface area contributed by atoms with Crippen LogP contribution in [0.3, 0.4) is 0 Å². The van der Waals surface area contributed by atoms with Crippen molar-refractivity contribution < 1.29 is 19.2 Å². The van der Waals surface area contributed by atoms with Gasteiger partial charge in [0.15, 0.2) is 0 Å². The molecule has 0 atom stereocenters. The highest BCUT2D eigenvalue weighted by atomic mass is 19.1. The molecule has 0 saturated carbocycles. The molecular formula is C14H11FN2O4. The van der Waals surface area contributed by atoms with Crippen molar-refractivity contribution in [2.45, 2.75) is 6.92 Å². The first-order valence-electron chi connectivity index (χ1n) is 5.93. The van der Waals surface area contributed by atoms with Crippen molar-refractivity contribution in [3.63, 3.8) is 0 Å². The molecule has 2 aromatic rings. The van der Waals surface area contributed by atoms with Gasteiger partial charge in [-0.05, 0) is 30.7 Å². The molecule has 0 radical (unpaired) electrons. The first-order valence-corrected chi connectivity index (χ1v) is 5.93. The number of carbonyl (C=O) groups excluding carboxylic acids is 1. The molecule has 0 aliphatic carbocycles. The van der Waals surface area contributed by atoms with E-state index in [-0.39, 0.29) is 22.7 Å². The van der Waals surface area contributed by atoms with Gasteiger partial charge in [0.25, 0.3) is 11.6 Å². The largest absolute Gasteiger partial charge is 0.506 e. The van der Waals surface area contributed by atoms with E-state index in [1.165, 1.54) is 12.1 Å². The Bertz CT molecular complexity index is 731. The monoisotopic (exact) mass is 290 g/mol. The van der Waals surface area contributed by atoms with Crippen LogP contribution in [0.1, 0.15) is 15.9 Å². The zero-order valence-electron chi connectivity index (χ0n) is 11.0. The Morgan fingerprint density at radius 3 is 2.62 bits per heavy atom. The van der Waals surface area contributed by atoms with Gasteiger partial charge in [-0.1, -0.05) is 6.07 Å². The van der Waals surface area contributed by atoms with Gasteiger partial charge in [0.1, 0.15) is 11.6 Å². The lowest BCUT2D eigenvalue weighted by Crippen LogP contribution is -2.12. The van der Waals surface area contributed by atoms with Gasteiger partial charge in [0.05, 0.1) is 10.6 Å². The number of nitro benzene ring substituents is 1. The number of halogens is 1. The van der Waals surface area contributed by atoms with Crippen molar-refractivity contribution in [2.75, 3.05) is 5.32 Å². The van der Waals surface area contributed by atoms with E-state index in [1.807, 2.05) is 0 Å². The number of rotatable bonds is 3. The standard InChI is InChI=1S/C14H11FN2O4/c1-8-2-3-9(6-11(8)15)14(19)16-12-7-10(17(20)21)4-5-13(12)18/h2-7,18H,1H3,(H,16,19). The highest BCUT2D eigenvalue weighted by molar-refractivity contribution is 6.05. The predicted molar refractivity (Wildman–Crippen MR) is 73.9 cm³/mol. The summed E-state index contributed by atoms with van der Waals surface area (Å²) >= 11 is 0. The first kappa shape index (κ1) is 14.4. The minimum absolute atomic E-state index is 0.0454. The second kappa shape index (κ2) is 5.58. The van der Waals surface area contributed by atoms with Crippen molar-refractivity contribution >= 4 is 17.3 Å². The lowest BCUT2D eigenvalue weighted by molar-refractivity contribution is -0.384. The summed E-state index contributed by atoms with van der Waals surface area (Å²) in [6.07, 6.45) is 0. The van der Waals surface area contributed by atoms with Crippen LogP contribution in [0.15, 0.2) is 36.4 Å². The van der Waals surface area contributed by atoms with Gasteiger partial charge in [0.2, 0.25) is 0 Å². The summed E-state index contributed by atoms with van der Waals surface area (Å²) in [5, 5.41) is 22.6. The summed E-state index contributed by atoms with van der Waals surface area (Å²) < 4.78 is 13.4. The molecule has 0 aromatic heterocycles. The van der Waals surface area contributed by atoms with Crippen LogP contribution in [0.2, 0.25) is 0 Å². The number of non-ortho nitro benzene ring substituents is 1. The van der Waals surface area contributed by atoms with E-state index in [0.29, 0.717) is 5.56 Å². The van der Waals surface area contributed by atoms with Gasteiger partial charge in [-0.25, -0.2) is 4.39 Å². The number of hydrogen-bond acceptors (Lipinski definition) is 4. The number of phenols is 1. The maximum absolute atomic E-state index is 13.4. The number of hydrogen-bond donors (Lipinski definition) is 2. The number of aryl methyl sites for hydroxylation is 1. The number of nitrogens with zero attached hydrogens (tertiary/aromatic N) is 1. The number of aromatic hydroxyl groups is 1. The molecule has 0 bridgehead atoms. The van der Waals surface area contributed by atoms with Crippen molar-refractivity contribution in [1.29, 1.82) is 0 Å². The Balaban J connectivity index is 2.28. The van der Waals surface area contributed by atoms with Crippen LogP contribution in [0.5, 0.6) is 5.75 Å². The van der Waals surface area contributed by atoms with E-state index >= 15 is 0 Å². The molecule has 7 heteroatoms. The van der Waals surface area contributed by atoms with Crippen LogP contribution in [0, 0.1) is 22.9 Å².